The quantitative estimate of drug-likeness (QED) is 0.772. The second-order valence-corrected chi connectivity index (χ2v) is 6.90. The van der Waals surface area contributed by atoms with Crippen molar-refractivity contribution in [1.29, 1.82) is 0 Å². The molecule has 0 unspecified atom stereocenters. The molecule has 0 radical (unpaired) electrons. The molecule has 0 saturated carbocycles. The van der Waals surface area contributed by atoms with E-state index in [1.54, 1.807) is 0 Å². The van der Waals surface area contributed by atoms with E-state index in [4.69, 9.17) is 10.2 Å². The van der Waals surface area contributed by atoms with Gasteiger partial charge in [-0.2, -0.15) is 0 Å². The monoisotopic (exact) mass is 399 g/mol. The van der Waals surface area contributed by atoms with Crippen molar-refractivity contribution < 1.29 is 26.8 Å². The summed E-state index contributed by atoms with van der Waals surface area (Å²) in [5, 5.41) is 9.15. The van der Waals surface area contributed by atoms with E-state index in [1.807, 2.05) is 0 Å². The molecule has 150 valence electrons. The number of anilines is 1. The number of hydrogen-bond donors (Lipinski definition) is 2. The Bertz CT molecular complexity index is 972. The summed E-state index contributed by atoms with van der Waals surface area (Å²) >= 11 is 0. The number of aryl methyl sites for hydroxylation is 1. The largest absolute Gasteiger partial charge is 0.417 e. The van der Waals surface area contributed by atoms with Crippen LogP contribution in [0.15, 0.2) is 27.6 Å². The SMILES string of the molecule is Cc1nnc(C(=O)Nc2cccc([C@@]3(C)N=C(N)[C@@](C)(F)CC3(F)F)c2F)o1. The Morgan fingerprint density at radius 1 is 1.25 bits per heavy atom. The Morgan fingerprint density at radius 3 is 2.54 bits per heavy atom. The molecule has 2 aromatic rings. The van der Waals surface area contributed by atoms with Crippen LogP contribution in [-0.4, -0.2) is 33.5 Å². The van der Waals surface area contributed by atoms with Crippen LogP contribution in [0.5, 0.6) is 0 Å². The highest BCUT2D eigenvalue weighted by Gasteiger charge is 2.60. The number of nitrogens with two attached hydrogens (primary N) is 1. The van der Waals surface area contributed by atoms with E-state index >= 15 is 4.39 Å². The van der Waals surface area contributed by atoms with Gasteiger partial charge in [0.15, 0.2) is 17.0 Å². The summed E-state index contributed by atoms with van der Waals surface area (Å²) in [6, 6.07) is 3.49. The molecule has 11 heteroatoms. The Hall–Kier alpha value is -2.98. The molecule has 0 aliphatic carbocycles. The molecule has 1 aromatic carbocycles. The predicted molar refractivity (Wildman–Crippen MR) is 91.4 cm³/mol. The van der Waals surface area contributed by atoms with E-state index in [-0.39, 0.29) is 5.89 Å². The number of amides is 1. The third-order valence-corrected chi connectivity index (χ3v) is 4.64. The van der Waals surface area contributed by atoms with Crippen molar-refractivity contribution >= 4 is 17.4 Å². The fraction of sp³-hybridized carbons (Fsp3) is 0.412. The smallest absolute Gasteiger partial charge is 0.313 e. The summed E-state index contributed by atoms with van der Waals surface area (Å²) in [6.07, 6.45) is -1.26. The molecule has 2 heterocycles. The zero-order chi connectivity index (χ0) is 20.9. The van der Waals surface area contributed by atoms with Gasteiger partial charge in [0.05, 0.1) is 12.1 Å². The van der Waals surface area contributed by atoms with Gasteiger partial charge in [-0.1, -0.05) is 12.1 Å². The number of nitrogens with one attached hydrogen (secondary N) is 1. The van der Waals surface area contributed by atoms with Gasteiger partial charge >= 0.3 is 11.8 Å². The number of rotatable bonds is 3. The molecule has 1 aliphatic heterocycles. The predicted octanol–water partition coefficient (Wildman–Crippen LogP) is 3.11. The van der Waals surface area contributed by atoms with E-state index in [0.29, 0.717) is 0 Å². The van der Waals surface area contributed by atoms with Crippen molar-refractivity contribution in [3.63, 3.8) is 0 Å². The Labute approximate surface area is 157 Å². The first kappa shape index (κ1) is 19.8. The topological polar surface area (TPSA) is 106 Å². The maximum Gasteiger partial charge on any atom is 0.313 e. The summed E-state index contributed by atoms with van der Waals surface area (Å²) < 4.78 is 63.7. The number of benzene rings is 1. The molecule has 0 fully saturated rings. The molecule has 1 amide bonds. The van der Waals surface area contributed by atoms with Crippen molar-refractivity contribution in [1.82, 2.24) is 10.2 Å². The minimum Gasteiger partial charge on any atom is -0.417 e. The molecule has 7 nitrogen and oxygen atoms in total. The van der Waals surface area contributed by atoms with Gasteiger partial charge in [-0.15, -0.1) is 10.2 Å². The molecule has 1 aromatic heterocycles. The molecule has 3 N–H and O–H groups in total. The lowest BCUT2D eigenvalue weighted by Crippen LogP contribution is -2.56. The number of aromatic nitrogens is 2. The van der Waals surface area contributed by atoms with Crippen LogP contribution in [0.25, 0.3) is 0 Å². The van der Waals surface area contributed by atoms with Gasteiger partial charge in [0.25, 0.3) is 5.92 Å². The number of carbonyl (C=O) groups is 1. The second-order valence-electron chi connectivity index (χ2n) is 6.90. The fourth-order valence-corrected chi connectivity index (χ4v) is 2.94. The molecule has 1 aliphatic rings. The first-order valence-corrected chi connectivity index (χ1v) is 8.20. The van der Waals surface area contributed by atoms with Crippen LogP contribution >= 0.6 is 0 Å². The van der Waals surface area contributed by atoms with E-state index < -0.39 is 58.3 Å². The molecular weight excluding hydrogens is 382 g/mol. The summed E-state index contributed by atoms with van der Waals surface area (Å²) in [6.45, 7) is 3.30. The van der Waals surface area contributed by atoms with Crippen LogP contribution in [0.4, 0.5) is 23.2 Å². The third-order valence-electron chi connectivity index (χ3n) is 4.64. The minimum atomic E-state index is -3.74. The van der Waals surface area contributed by atoms with E-state index in [2.05, 4.69) is 20.5 Å². The molecule has 0 saturated heterocycles. The van der Waals surface area contributed by atoms with Gasteiger partial charge in [0.1, 0.15) is 5.84 Å². The second kappa shape index (κ2) is 6.28. The fourth-order valence-electron chi connectivity index (χ4n) is 2.94. The summed E-state index contributed by atoms with van der Waals surface area (Å²) in [7, 11) is 0. The van der Waals surface area contributed by atoms with Crippen molar-refractivity contribution in [2.24, 2.45) is 10.7 Å². The standard InChI is InChI=1S/C17H17F4N5O2/c1-8-25-26-13(28-8)12(27)23-10-6-4-5-9(11(10)18)16(3)17(20,21)7-15(2,19)14(22)24-16/h4-6H,7H2,1-3H3,(H2,22,24)(H,23,27)/t15-,16+/m0/s1. The van der Waals surface area contributed by atoms with Gasteiger partial charge in [0, 0.05) is 12.5 Å². The zero-order valence-electron chi connectivity index (χ0n) is 15.2. The summed E-state index contributed by atoms with van der Waals surface area (Å²) in [5.74, 6) is -6.78. The summed E-state index contributed by atoms with van der Waals surface area (Å²) in [5.41, 5.74) is -0.426. The summed E-state index contributed by atoms with van der Waals surface area (Å²) in [4.78, 5) is 15.7. The number of halogens is 4. The van der Waals surface area contributed by atoms with Crippen molar-refractivity contribution in [3.8, 4) is 0 Å². The first-order chi connectivity index (χ1) is 12.9. The van der Waals surface area contributed by atoms with Crippen LogP contribution in [0, 0.1) is 12.7 Å². The highest BCUT2D eigenvalue weighted by molar-refractivity contribution is 6.01. The normalized spacial score (nSPS) is 26.6. The van der Waals surface area contributed by atoms with Crippen molar-refractivity contribution in [3.05, 3.63) is 41.4 Å². The highest BCUT2D eigenvalue weighted by atomic mass is 19.3. The third kappa shape index (κ3) is 3.10. The van der Waals surface area contributed by atoms with Gasteiger partial charge in [-0.3, -0.25) is 9.79 Å². The number of nitrogens with zero attached hydrogens (tertiary/aromatic N) is 3. The Balaban J connectivity index is 2.03. The van der Waals surface area contributed by atoms with E-state index in [1.165, 1.54) is 13.0 Å². The van der Waals surface area contributed by atoms with Gasteiger partial charge < -0.3 is 15.5 Å². The van der Waals surface area contributed by atoms with Gasteiger partial charge in [-0.05, 0) is 19.9 Å². The number of aliphatic imine (C=N–C) groups is 1. The van der Waals surface area contributed by atoms with Gasteiger partial charge in [0.2, 0.25) is 5.89 Å². The van der Waals surface area contributed by atoms with Gasteiger partial charge in [-0.25, -0.2) is 17.6 Å². The lowest BCUT2D eigenvalue weighted by atomic mass is 9.77. The minimum absolute atomic E-state index is 0.118. The highest BCUT2D eigenvalue weighted by Crippen LogP contribution is 2.50. The van der Waals surface area contributed by atoms with Crippen LogP contribution in [0.1, 0.15) is 42.4 Å². The number of alkyl halides is 3. The zero-order valence-corrected chi connectivity index (χ0v) is 15.2. The van der Waals surface area contributed by atoms with E-state index in [9.17, 15) is 18.0 Å². The maximum absolute atomic E-state index is 15.0. The average molecular weight is 399 g/mol. The average Bonchev–Trinajstić information content (AvgIpc) is 3.01. The first-order valence-electron chi connectivity index (χ1n) is 8.20. The number of amidine groups is 1. The molecule has 0 bridgehead atoms. The van der Waals surface area contributed by atoms with Crippen molar-refractivity contribution in [2.75, 3.05) is 5.32 Å². The van der Waals surface area contributed by atoms with Crippen LogP contribution in [-0.2, 0) is 5.54 Å². The lowest BCUT2D eigenvalue weighted by molar-refractivity contribution is -0.106. The molecule has 0 spiro atoms. The number of hydrogen-bond acceptors (Lipinski definition) is 6. The number of carbonyl (C=O) groups excluding carboxylic acids is 1. The van der Waals surface area contributed by atoms with Crippen LogP contribution in [0.2, 0.25) is 0 Å². The Kier molecular flexibility index (Phi) is 4.43. The lowest BCUT2D eigenvalue weighted by Gasteiger charge is -2.42. The van der Waals surface area contributed by atoms with Crippen LogP contribution < -0.4 is 11.1 Å². The molecule has 28 heavy (non-hydrogen) atoms. The Morgan fingerprint density at radius 2 is 1.93 bits per heavy atom. The molecular formula is C17H17F4N5O2. The van der Waals surface area contributed by atoms with Crippen LogP contribution in [0.3, 0.4) is 0 Å². The molecule has 3 rings (SSSR count). The van der Waals surface area contributed by atoms with Crippen molar-refractivity contribution in [2.45, 2.75) is 44.3 Å². The molecule has 2 atom stereocenters. The maximum atomic E-state index is 15.0. The van der Waals surface area contributed by atoms with E-state index in [0.717, 1.165) is 26.0 Å².